The van der Waals surface area contributed by atoms with Gasteiger partial charge in [0.2, 0.25) is 0 Å². The minimum Gasteiger partial charge on any atom is -0.487 e. The van der Waals surface area contributed by atoms with E-state index >= 15 is 0 Å². The number of fused-ring (bicyclic) bond motifs is 3. The maximum absolute atomic E-state index is 6.20. The van der Waals surface area contributed by atoms with Crippen molar-refractivity contribution in [3.05, 3.63) is 29.8 Å². The van der Waals surface area contributed by atoms with Gasteiger partial charge < -0.3 is 10.1 Å². The van der Waals surface area contributed by atoms with E-state index in [-0.39, 0.29) is 5.60 Å². The van der Waals surface area contributed by atoms with Gasteiger partial charge in [-0.25, -0.2) is 0 Å². The lowest BCUT2D eigenvalue weighted by molar-refractivity contribution is -0.744. The minimum atomic E-state index is -0.0321. The molecule has 0 bridgehead atoms. The largest absolute Gasteiger partial charge is 0.487 e. The summed E-state index contributed by atoms with van der Waals surface area (Å²) in [4.78, 5) is 0. The molecule has 92 valence electrons. The molecule has 0 spiro atoms. The number of hydrogen-bond donors (Lipinski definition) is 1. The zero-order valence-corrected chi connectivity index (χ0v) is 10.9. The van der Waals surface area contributed by atoms with Crippen LogP contribution in [0.4, 0.5) is 0 Å². The molecule has 2 heteroatoms. The number of nitrogens with two attached hydrogens (primary N) is 1. The van der Waals surface area contributed by atoms with E-state index in [0.717, 1.165) is 11.8 Å². The van der Waals surface area contributed by atoms with Gasteiger partial charge in [-0.05, 0) is 45.7 Å². The molecule has 2 nitrogen and oxygen atoms in total. The highest BCUT2D eigenvalue weighted by atomic mass is 16.5. The molecule has 1 aromatic rings. The van der Waals surface area contributed by atoms with E-state index in [1.54, 1.807) is 0 Å². The zero-order chi connectivity index (χ0) is 12.0. The first kappa shape index (κ1) is 11.1. The topological polar surface area (TPSA) is 25.8 Å². The molecule has 0 aliphatic carbocycles. The van der Waals surface area contributed by atoms with Crippen LogP contribution in [0.3, 0.4) is 0 Å². The van der Waals surface area contributed by atoms with Crippen molar-refractivity contribution in [1.82, 2.24) is 0 Å². The second-order valence-electron chi connectivity index (χ2n) is 6.12. The van der Waals surface area contributed by atoms with Gasteiger partial charge >= 0.3 is 0 Å². The third-order valence-electron chi connectivity index (χ3n) is 4.45. The van der Waals surface area contributed by atoms with E-state index in [1.807, 2.05) is 0 Å². The molecule has 1 fully saturated rings. The average molecular weight is 232 g/mol. The van der Waals surface area contributed by atoms with Crippen molar-refractivity contribution in [2.45, 2.75) is 51.3 Å². The maximum Gasteiger partial charge on any atom is 0.129 e. The summed E-state index contributed by atoms with van der Waals surface area (Å²) in [5.74, 6) is 1.72. The molecule has 17 heavy (non-hydrogen) atoms. The number of para-hydroxylation sites is 1. The fourth-order valence-electron chi connectivity index (χ4n) is 3.51. The van der Waals surface area contributed by atoms with Gasteiger partial charge in [0.25, 0.3) is 0 Å². The number of rotatable bonds is 0. The fourth-order valence-corrected chi connectivity index (χ4v) is 3.51. The highest BCUT2D eigenvalue weighted by Gasteiger charge is 2.48. The predicted molar refractivity (Wildman–Crippen MR) is 68.0 cm³/mol. The molecule has 2 heterocycles. The van der Waals surface area contributed by atoms with Crippen LogP contribution in [0, 0.1) is 5.92 Å². The Balaban J connectivity index is 2.05. The van der Waals surface area contributed by atoms with Crippen LogP contribution in [0.2, 0.25) is 0 Å². The molecule has 3 rings (SSSR count). The zero-order valence-electron chi connectivity index (χ0n) is 10.9. The summed E-state index contributed by atoms with van der Waals surface area (Å²) >= 11 is 0. The fraction of sp³-hybridized carbons (Fsp3) is 0.600. The SMILES string of the molecule is C[C@H]1CC[C@@H]2[C@@H]([NH2+]1)c1ccccc1OC2(C)C. The first-order chi connectivity index (χ1) is 8.08. The Hall–Kier alpha value is -1.02. The summed E-state index contributed by atoms with van der Waals surface area (Å²) in [5, 5.41) is 2.54. The summed E-state index contributed by atoms with van der Waals surface area (Å²) in [6.45, 7) is 6.82. The van der Waals surface area contributed by atoms with Gasteiger partial charge in [-0.1, -0.05) is 12.1 Å². The second kappa shape index (κ2) is 3.74. The van der Waals surface area contributed by atoms with Crippen molar-refractivity contribution in [1.29, 1.82) is 0 Å². The predicted octanol–water partition coefficient (Wildman–Crippen LogP) is 2.26. The minimum absolute atomic E-state index is 0.0321. The molecule has 1 saturated heterocycles. The molecule has 0 radical (unpaired) electrons. The second-order valence-corrected chi connectivity index (χ2v) is 6.12. The third-order valence-corrected chi connectivity index (χ3v) is 4.45. The Morgan fingerprint density at radius 3 is 2.82 bits per heavy atom. The normalized spacial score (nSPS) is 34.4. The molecule has 1 aromatic carbocycles. The van der Waals surface area contributed by atoms with E-state index in [9.17, 15) is 0 Å². The van der Waals surface area contributed by atoms with Crippen molar-refractivity contribution in [2.75, 3.05) is 0 Å². The van der Waals surface area contributed by atoms with Crippen LogP contribution in [0.15, 0.2) is 24.3 Å². The molecule has 0 amide bonds. The van der Waals surface area contributed by atoms with E-state index in [1.165, 1.54) is 18.4 Å². The molecular weight excluding hydrogens is 210 g/mol. The van der Waals surface area contributed by atoms with Crippen molar-refractivity contribution in [3.8, 4) is 5.75 Å². The number of quaternary nitrogens is 1. The summed E-state index contributed by atoms with van der Waals surface area (Å²) in [6, 6.07) is 9.86. The Labute approximate surface area is 103 Å². The van der Waals surface area contributed by atoms with Gasteiger partial charge in [0.1, 0.15) is 17.4 Å². The molecule has 2 aliphatic rings. The Morgan fingerprint density at radius 2 is 2.00 bits per heavy atom. The molecule has 2 N–H and O–H groups in total. The van der Waals surface area contributed by atoms with Gasteiger partial charge in [-0.3, -0.25) is 0 Å². The summed E-state index contributed by atoms with van der Waals surface area (Å²) < 4.78 is 6.20. The van der Waals surface area contributed by atoms with Crippen molar-refractivity contribution >= 4 is 0 Å². The highest BCUT2D eigenvalue weighted by Crippen LogP contribution is 2.45. The van der Waals surface area contributed by atoms with Crippen LogP contribution in [0.1, 0.15) is 45.2 Å². The average Bonchev–Trinajstić information content (AvgIpc) is 2.28. The van der Waals surface area contributed by atoms with Gasteiger partial charge in [0.15, 0.2) is 0 Å². The van der Waals surface area contributed by atoms with Crippen molar-refractivity contribution in [3.63, 3.8) is 0 Å². The standard InChI is InChI=1S/C15H21NO/c1-10-8-9-12-14(16-10)11-6-4-5-7-13(11)17-15(12,2)3/h4-7,10,12,14,16H,8-9H2,1-3H3/p+1/t10-,12+,14-/m0/s1. The smallest absolute Gasteiger partial charge is 0.129 e. The summed E-state index contributed by atoms with van der Waals surface area (Å²) in [5.41, 5.74) is 1.36. The molecular formula is C15H22NO+. The first-order valence-electron chi connectivity index (χ1n) is 6.71. The Bertz CT molecular complexity index is 427. The Morgan fingerprint density at radius 1 is 1.24 bits per heavy atom. The van der Waals surface area contributed by atoms with Crippen molar-refractivity contribution < 1.29 is 10.1 Å². The van der Waals surface area contributed by atoms with Gasteiger partial charge in [0, 0.05) is 0 Å². The molecule has 2 aliphatic heterocycles. The molecule has 3 atom stereocenters. The van der Waals surface area contributed by atoms with Crippen LogP contribution in [-0.2, 0) is 0 Å². The van der Waals surface area contributed by atoms with Crippen molar-refractivity contribution in [2.24, 2.45) is 5.92 Å². The molecule has 0 aromatic heterocycles. The summed E-state index contributed by atoms with van der Waals surface area (Å²) in [7, 11) is 0. The quantitative estimate of drug-likeness (QED) is 0.729. The van der Waals surface area contributed by atoms with Crippen LogP contribution in [0.5, 0.6) is 5.75 Å². The van der Waals surface area contributed by atoms with E-state index in [2.05, 4.69) is 50.4 Å². The van der Waals surface area contributed by atoms with Crippen LogP contribution >= 0.6 is 0 Å². The van der Waals surface area contributed by atoms with Gasteiger partial charge in [-0.2, -0.15) is 0 Å². The molecule has 0 saturated carbocycles. The number of piperidine rings is 1. The number of benzene rings is 1. The lowest BCUT2D eigenvalue weighted by Crippen LogP contribution is -2.94. The van der Waals surface area contributed by atoms with Gasteiger partial charge in [0.05, 0.1) is 17.5 Å². The molecule has 0 unspecified atom stereocenters. The number of ether oxygens (including phenoxy) is 1. The summed E-state index contributed by atoms with van der Waals surface area (Å²) in [6.07, 6.45) is 2.58. The lowest BCUT2D eigenvalue weighted by atomic mass is 9.73. The highest BCUT2D eigenvalue weighted by molar-refractivity contribution is 5.38. The van der Waals surface area contributed by atoms with E-state index in [4.69, 9.17) is 4.74 Å². The van der Waals surface area contributed by atoms with E-state index in [0.29, 0.717) is 12.0 Å². The lowest BCUT2D eigenvalue weighted by Gasteiger charge is -2.46. The van der Waals surface area contributed by atoms with Crippen LogP contribution in [-0.4, -0.2) is 11.6 Å². The van der Waals surface area contributed by atoms with Gasteiger partial charge in [-0.15, -0.1) is 0 Å². The van der Waals surface area contributed by atoms with E-state index < -0.39 is 0 Å². The first-order valence-corrected chi connectivity index (χ1v) is 6.71. The Kier molecular flexibility index (Phi) is 2.44. The van der Waals surface area contributed by atoms with Crippen LogP contribution < -0.4 is 10.1 Å². The monoisotopic (exact) mass is 232 g/mol. The number of hydrogen-bond acceptors (Lipinski definition) is 1. The maximum atomic E-state index is 6.20. The third kappa shape index (κ3) is 1.75. The van der Waals surface area contributed by atoms with Crippen LogP contribution in [0.25, 0.3) is 0 Å².